The minimum absolute atomic E-state index is 0. The highest BCUT2D eigenvalue weighted by atomic mass is 35.5. The van der Waals surface area contributed by atoms with E-state index < -0.39 is 0 Å². The lowest BCUT2D eigenvalue weighted by molar-refractivity contribution is -0.140. The first-order chi connectivity index (χ1) is 12.1. The van der Waals surface area contributed by atoms with Crippen LogP contribution in [0.25, 0.3) is 0 Å². The minimum Gasteiger partial charge on any atom is -0.343 e. The largest absolute Gasteiger partial charge is 0.343 e. The number of rotatable bonds is 3. The quantitative estimate of drug-likeness (QED) is 0.748. The third-order valence-corrected chi connectivity index (χ3v) is 6.85. The third-order valence-electron chi connectivity index (χ3n) is 6.85. The van der Waals surface area contributed by atoms with E-state index in [0.717, 1.165) is 64.7 Å². The lowest BCUT2D eigenvalue weighted by Crippen LogP contribution is -2.38. The second-order valence-corrected chi connectivity index (χ2v) is 8.21. The van der Waals surface area contributed by atoms with Gasteiger partial charge in [0.1, 0.15) is 0 Å². The number of carbonyl (C=O) groups is 3. The molecule has 1 aliphatic carbocycles. The normalized spacial score (nSPS) is 34.2. The van der Waals surface area contributed by atoms with Gasteiger partial charge in [-0.05, 0) is 50.6 Å². The predicted octanol–water partition coefficient (Wildman–Crippen LogP) is 1.43. The maximum Gasteiger partial charge on any atom is 0.233 e. The van der Waals surface area contributed by atoms with E-state index in [1.54, 1.807) is 0 Å². The number of halogens is 1. The van der Waals surface area contributed by atoms with Crippen LogP contribution in [-0.4, -0.2) is 60.2 Å². The number of likely N-dealkylation sites (tertiary alicyclic amines) is 2. The molecule has 0 spiro atoms. The zero-order chi connectivity index (χ0) is 17.4. The fourth-order valence-corrected chi connectivity index (χ4v) is 5.28. The average Bonchev–Trinajstić information content (AvgIpc) is 3.10. The zero-order valence-corrected chi connectivity index (χ0v) is 16.1. The number of imide groups is 1. The zero-order valence-electron chi connectivity index (χ0n) is 15.3. The molecule has 2 unspecified atom stereocenters. The first-order valence-corrected chi connectivity index (χ1v) is 9.99. The van der Waals surface area contributed by atoms with Gasteiger partial charge in [-0.25, -0.2) is 0 Å². The number of nitrogens with one attached hydrogen (secondary N) is 1. The maximum absolute atomic E-state index is 12.6. The Labute approximate surface area is 161 Å². The Morgan fingerprint density at radius 2 is 1.46 bits per heavy atom. The Kier molecular flexibility index (Phi) is 6.23. The Morgan fingerprint density at radius 3 is 2.00 bits per heavy atom. The van der Waals surface area contributed by atoms with Gasteiger partial charge in [0.15, 0.2) is 0 Å². The topological polar surface area (TPSA) is 69.7 Å². The molecule has 0 aromatic carbocycles. The van der Waals surface area contributed by atoms with Crippen molar-refractivity contribution in [2.24, 2.45) is 23.7 Å². The van der Waals surface area contributed by atoms with Crippen molar-refractivity contribution in [3.8, 4) is 0 Å². The van der Waals surface area contributed by atoms with Gasteiger partial charge in [0.05, 0.1) is 11.8 Å². The SMILES string of the molecule is Cl.O=C(CCN1C(=O)C2CCCCC2C1=O)N1CC[C@@H]2CNC[C@@H]2CC1. The van der Waals surface area contributed by atoms with Crippen molar-refractivity contribution in [1.29, 1.82) is 0 Å². The van der Waals surface area contributed by atoms with Gasteiger partial charge in [0.25, 0.3) is 0 Å². The number of fused-ring (bicyclic) bond motifs is 2. The molecular weight excluding hydrogens is 354 g/mol. The lowest BCUT2D eigenvalue weighted by atomic mass is 9.81. The van der Waals surface area contributed by atoms with Gasteiger partial charge in [0, 0.05) is 26.1 Å². The molecule has 3 amide bonds. The summed E-state index contributed by atoms with van der Waals surface area (Å²) in [6.45, 7) is 4.05. The van der Waals surface area contributed by atoms with Crippen molar-refractivity contribution in [3.63, 3.8) is 0 Å². The molecule has 3 saturated heterocycles. The summed E-state index contributed by atoms with van der Waals surface area (Å²) in [6.07, 6.45) is 6.16. The Balaban J connectivity index is 0.00000196. The molecule has 0 aromatic rings. The van der Waals surface area contributed by atoms with Crippen LogP contribution in [0.3, 0.4) is 0 Å². The van der Waals surface area contributed by atoms with E-state index in [1.165, 1.54) is 4.90 Å². The lowest BCUT2D eigenvalue weighted by Gasteiger charge is -2.22. The molecule has 3 aliphatic heterocycles. The van der Waals surface area contributed by atoms with Crippen LogP contribution in [-0.2, 0) is 14.4 Å². The van der Waals surface area contributed by atoms with Crippen LogP contribution in [0.15, 0.2) is 0 Å². The van der Waals surface area contributed by atoms with Gasteiger partial charge in [0.2, 0.25) is 17.7 Å². The number of hydrogen-bond acceptors (Lipinski definition) is 4. The van der Waals surface area contributed by atoms with E-state index in [1.807, 2.05) is 4.90 Å². The maximum atomic E-state index is 12.6. The molecule has 0 radical (unpaired) electrons. The predicted molar refractivity (Wildman–Crippen MR) is 99.7 cm³/mol. The van der Waals surface area contributed by atoms with Crippen molar-refractivity contribution in [2.45, 2.75) is 44.9 Å². The van der Waals surface area contributed by atoms with E-state index in [4.69, 9.17) is 0 Å². The molecule has 4 fully saturated rings. The molecule has 1 saturated carbocycles. The monoisotopic (exact) mass is 383 g/mol. The standard InChI is InChI=1S/C19H29N3O3.ClH/c23-17(21-8-5-13-11-20-12-14(13)6-9-21)7-10-22-18(24)15-3-1-2-4-16(15)19(22)25;/h13-16,20H,1-12H2;1H/t13-,14+,15?,16?;. The summed E-state index contributed by atoms with van der Waals surface area (Å²) in [5.41, 5.74) is 0. The smallest absolute Gasteiger partial charge is 0.233 e. The summed E-state index contributed by atoms with van der Waals surface area (Å²) in [5.74, 6) is 1.22. The van der Waals surface area contributed by atoms with Crippen molar-refractivity contribution < 1.29 is 14.4 Å². The van der Waals surface area contributed by atoms with Crippen LogP contribution in [0.4, 0.5) is 0 Å². The van der Waals surface area contributed by atoms with Crippen LogP contribution < -0.4 is 5.32 Å². The Hall–Kier alpha value is -1.14. The van der Waals surface area contributed by atoms with Crippen molar-refractivity contribution >= 4 is 30.1 Å². The molecule has 1 N–H and O–H groups in total. The third kappa shape index (κ3) is 3.63. The molecule has 4 aliphatic rings. The van der Waals surface area contributed by atoms with Crippen LogP contribution in [0.2, 0.25) is 0 Å². The molecule has 6 nitrogen and oxygen atoms in total. The highest BCUT2D eigenvalue weighted by Crippen LogP contribution is 2.38. The summed E-state index contributed by atoms with van der Waals surface area (Å²) in [7, 11) is 0. The summed E-state index contributed by atoms with van der Waals surface area (Å²) in [5, 5.41) is 3.45. The fraction of sp³-hybridized carbons (Fsp3) is 0.842. The molecule has 7 heteroatoms. The number of amides is 3. The van der Waals surface area contributed by atoms with Gasteiger partial charge < -0.3 is 10.2 Å². The second-order valence-electron chi connectivity index (χ2n) is 8.21. The highest BCUT2D eigenvalue weighted by molar-refractivity contribution is 6.05. The van der Waals surface area contributed by atoms with Gasteiger partial charge in [-0.2, -0.15) is 0 Å². The van der Waals surface area contributed by atoms with Gasteiger partial charge in [-0.15, -0.1) is 12.4 Å². The van der Waals surface area contributed by atoms with Crippen LogP contribution >= 0.6 is 12.4 Å². The summed E-state index contributed by atoms with van der Waals surface area (Å²) < 4.78 is 0. The van der Waals surface area contributed by atoms with Crippen molar-refractivity contribution in [2.75, 3.05) is 32.7 Å². The first kappa shape index (κ1) is 19.6. The van der Waals surface area contributed by atoms with Gasteiger partial charge in [-0.1, -0.05) is 12.8 Å². The molecule has 4 atom stereocenters. The van der Waals surface area contributed by atoms with Crippen LogP contribution in [0.1, 0.15) is 44.9 Å². The molecule has 3 heterocycles. The average molecular weight is 384 g/mol. The highest BCUT2D eigenvalue weighted by Gasteiger charge is 2.48. The molecule has 0 aromatic heterocycles. The number of nitrogens with zero attached hydrogens (tertiary/aromatic N) is 2. The minimum atomic E-state index is -0.110. The Morgan fingerprint density at radius 1 is 0.923 bits per heavy atom. The summed E-state index contributed by atoms with van der Waals surface area (Å²) in [6, 6.07) is 0. The van der Waals surface area contributed by atoms with Gasteiger partial charge in [-0.3, -0.25) is 19.3 Å². The van der Waals surface area contributed by atoms with Crippen molar-refractivity contribution in [1.82, 2.24) is 15.1 Å². The molecule has 146 valence electrons. The Bertz CT molecular complexity index is 532. The molecule has 4 rings (SSSR count). The number of carbonyl (C=O) groups excluding carboxylic acids is 3. The van der Waals surface area contributed by atoms with E-state index in [0.29, 0.717) is 11.8 Å². The van der Waals surface area contributed by atoms with E-state index in [-0.39, 0.29) is 54.9 Å². The van der Waals surface area contributed by atoms with E-state index >= 15 is 0 Å². The molecule has 26 heavy (non-hydrogen) atoms. The van der Waals surface area contributed by atoms with Crippen molar-refractivity contribution in [3.05, 3.63) is 0 Å². The second kappa shape index (κ2) is 8.26. The fourth-order valence-electron chi connectivity index (χ4n) is 5.28. The molecular formula is C19H30ClN3O3. The molecule has 0 bridgehead atoms. The summed E-state index contributed by atoms with van der Waals surface area (Å²) >= 11 is 0. The first-order valence-electron chi connectivity index (χ1n) is 9.99. The van der Waals surface area contributed by atoms with E-state index in [2.05, 4.69) is 5.32 Å². The van der Waals surface area contributed by atoms with Crippen LogP contribution in [0, 0.1) is 23.7 Å². The van der Waals surface area contributed by atoms with E-state index in [9.17, 15) is 14.4 Å². The van der Waals surface area contributed by atoms with Crippen LogP contribution in [0.5, 0.6) is 0 Å². The van der Waals surface area contributed by atoms with Gasteiger partial charge >= 0.3 is 0 Å². The summed E-state index contributed by atoms with van der Waals surface area (Å²) in [4.78, 5) is 41.0. The number of hydrogen-bond donors (Lipinski definition) is 1.